The molecule has 19 heavy (non-hydrogen) atoms. The third-order valence-corrected chi connectivity index (χ3v) is 3.88. The van der Waals surface area contributed by atoms with Crippen molar-refractivity contribution < 1.29 is 18.0 Å². The number of halogens is 3. The number of carbonyl (C=O) groups is 1. The van der Waals surface area contributed by atoms with E-state index in [0.717, 1.165) is 25.7 Å². The van der Waals surface area contributed by atoms with Gasteiger partial charge in [-0.3, -0.25) is 4.79 Å². The molecular formula is C14H24F3NO. The molecule has 0 bridgehead atoms. The Kier molecular flexibility index (Phi) is 6.30. The molecule has 5 heteroatoms. The van der Waals surface area contributed by atoms with E-state index in [2.05, 4.69) is 6.92 Å². The molecule has 0 amide bonds. The summed E-state index contributed by atoms with van der Waals surface area (Å²) >= 11 is 0. The second-order valence-electron chi connectivity index (χ2n) is 5.72. The van der Waals surface area contributed by atoms with Crippen molar-refractivity contribution in [1.29, 1.82) is 0 Å². The molecule has 0 aliphatic heterocycles. The highest BCUT2D eigenvalue weighted by Gasteiger charge is 2.31. The molecule has 0 aromatic heterocycles. The minimum absolute atomic E-state index is 0.0221. The van der Waals surface area contributed by atoms with Crippen molar-refractivity contribution in [2.45, 2.75) is 51.6 Å². The number of alkyl halides is 3. The molecule has 2 unspecified atom stereocenters. The fourth-order valence-electron chi connectivity index (χ4n) is 2.83. The lowest BCUT2D eigenvalue weighted by molar-refractivity contribution is -0.138. The SMILES string of the molecule is CCCC1CCC(=O)C(CN(C)CCC(F)(F)F)C1. The molecule has 2 atom stereocenters. The van der Waals surface area contributed by atoms with Gasteiger partial charge in [0.15, 0.2) is 0 Å². The van der Waals surface area contributed by atoms with Crippen LogP contribution in [-0.2, 0) is 4.79 Å². The predicted molar refractivity (Wildman–Crippen MR) is 68.9 cm³/mol. The van der Waals surface area contributed by atoms with Crippen LogP contribution in [0.4, 0.5) is 13.2 Å². The van der Waals surface area contributed by atoms with Gasteiger partial charge in [0.25, 0.3) is 0 Å². The monoisotopic (exact) mass is 279 g/mol. The third-order valence-electron chi connectivity index (χ3n) is 3.88. The van der Waals surface area contributed by atoms with E-state index in [9.17, 15) is 18.0 Å². The molecule has 0 saturated heterocycles. The van der Waals surface area contributed by atoms with E-state index in [4.69, 9.17) is 0 Å². The van der Waals surface area contributed by atoms with Crippen LogP contribution in [0.25, 0.3) is 0 Å². The van der Waals surface area contributed by atoms with Crippen molar-refractivity contribution in [3.63, 3.8) is 0 Å². The van der Waals surface area contributed by atoms with Gasteiger partial charge in [0.05, 0.1) is 6.42 Å². The van der Waals surface area contributed by atoms with Gasteiger partial charge in [-0.2, -0.15) is 13.2 Å². The first-order valence-corrected chi connectivity index (χ1v) is 7.09. The van der Waals surface area contributed by atoms with Gasteiger partial charge in [-0.15, -0.1) is 0 Å². The molecule has 0 aromatic carbocycles. The van der Waals surface area contributed by atoms with Gasteiger partial charge in [0.2, 0.25) is 0 Å². The standard InChI is InChI=1S/C14H24F3NO/c1-3-4-11-5-6-13(19)12(9-11)10-18(2)8-7-14(15,16)17/h11-12H,3-10H2,1-2H3. The average molecular weight is 279 g/mol. The van der Waals surface area contributed by atoms with Gasteiger partial charge in [-0.25, -0.2) is 0 Å². The third kappa shape index (κ3) is 6.41. The van der Waals surface area contributed by atoms with E-state index in [1.807, 2.05) is 0 Å². The van der Waals surface area contributed by atoms with E-state index in [1.165, 1.54) is 0 Å². The minimum Gasteiger partial charge on any atom is -0.305 e. The molecule has 0 heterocycles. The Morgan fingerprint density at radius 2 is 2.05 bits per heavy atom. The average Bonchev–Trinajstić information content (AvgIpc) is 2.30. The number of nitrogens with zero attached hydrogens (tertiary/aromatic N) is 1. The predicted octanol–water partition coefficient (Wildman–Crippen LogP) is 3.66. The van der Waals surface area contributed by atoms with Crippen molar-refractivity contribution >= 4 is 5.78 Å². The van der Waals surface area contributed by atoms with Crippen molar-refractivity contribution in [2.75, 3.05) is 20.1 Å². The van der Waals surface area contributed by atoms with Crippen LogP contribution in [-0.4, -0.2) is 37.0 Å². The summed E-state index contributed by atoms with van der Waals surface area (Å²) in [6.07, 6.45) is -0.287. The zero-order valence-corrected chi connectivity index (χ0v) is 11.8. The number of hydrogen-bond donors (Lipinski definition) is 0. The smallest absolute Gasteiger partial charge is 0.305 e. The molecule has 2 nitrogen and oxygen atoms in total. The van der Waals surface area contributed by atoms with Crippen LogP contribution in [0.5, 0.6) is 0 Å². The molecule has 1 aliphatic rings. The normalized spacial score (nSPS) is 25.1. The van der Waals surface area contributed by atoms with E-state index in [-0.39, 0.29) is 18.2 Å². The number of ketones is 1. The lowest BCUT2D eigenvalue weighted by Crippen LogP contribution is -2.36. The topological polar surface area (TPSA) is 20.3 Å². The highest BCUT2D eigenvalue weighted by molar-refractivity contribution is 5.81. The minimum atomic E-state index is -4.12. The van der Waals surface area contributed by atoms with Gasteiger partial charge in [0.1, 0.15) is 5.78 Å². The van der Waals surface area contributed by atoms with Crippen LogP contribution in [0, 0.1) is 11.8 Å². The summed E-state index contributed by atoms with van der Waals surface area (Å²) in [5.74, 6) is 0.735. The van der Waals surface area contributed by atoms with Gasteiger partial charge >= 0.3 is 6.18 Å². The summed E-state index contributed by atoms with van der Waals surface area (Å²) in [4.78, 5) is 13.5. The Morgan fingerprint density at radius 1 is 1.37 bits per heavy atom. The number of carbonyl (C=O) groups excluding carboxylic acids is 1. The lowest BCUT2D eigenvalue weighted by atomic mass is 9.78. The summed E-state index contributed by atoms with van der Waals surface area (Å²) in [5, 5.41) is 0. The quantitative estimate of drug-likeness (QED) is 0.739. The fourth-order valence-corrected chi connectivity index (χ4v) is 2.83. The van der Waals surface area contributed by atoms with Gasteiger partial charge in [-0.05, 0) is 25.8 Å². The second kappa shape index (κ2) is 7.27. The zero-order valence-electron chi connectivity index (χ0n) is 11.8. The molecule has 0 aromatic rings. The molecule has 1 rings (SSSR count). The molecule has 1 saturated carbocycles. The van der Waals surface area contributed by atoms with Gasteiger partial charge in [0, 0.05) is 25.4 Å². The van der Waals surface area contributed by atoms with Crippen molar-refractivity contribution in [2.24, 2.45) is 11.8 Å². The lowest BCUT2D eigenvalue weighted by Gasteiger charge is -2.31. The number of rotatable bonds is 6. The molecule has 0 radical (unpaired) electrons. The zero-order chi connectivity index (χ0) is 14.5. The molecule has 1 fully saturated rings. The van der Waals surface area contributed by atoms with E-state index in [0.29, 0.717) is 18.9 Å². The Hall–Kier alpha value is -0.580. The van der Waals surface area contributed by atoms with Crippen LogP contribution in [0.1, 0.15) is 45.4 Å². The van der Waals surface area contributed by atoms with Crippen LogP contribution in [0.2, 0.25) is 0 Å². The molecular weight excluding hydrogens is 255 g/mol. The van der Waals surface area contributed by atoms with Crippen molar-refractivity contribution in [3.05, 3.63) is 0 Å². The molecule has 1 aliphatic carbocycles. The maximum Gasteiger partial charge on any atom is 0.390 e. The highest BCUT2D eigenvalue weighted by atomic mass is 19.4. The molecule has 112 valence electrons. The number of Topliss-reactive ketones (excluding diaryl/α,β-unsaturated/α-hetero) is 1. The molecule has 0 N–H and O–H groups in total. The van der Waals surface area contributed by atoms with E-state index in [1.54, 1.807) is 11.9 Å². The van der Waals surface area contributed by atoms with E-state index < -0.39 is 12.6 Å². The fraction of sp³-hybridized carbons (Fsp3) is 0.929. The Bertz CT molecular complexity index is 291. The first kappa shape index (κ1) is 16.5. The Morgan fingerprint density at radius 3 is 2.63 bits per heavy atom. The van der Waals surface area contributed by atoms with Gasteiger partial charge in [-0.1, -0.05) is 19.8 Å². The van der Waals surface area contributed by atoms with Crippen LogP contribution < -0.4 is 0 Å². The second-order valence-corrected chi connectivity index (χ2v) is 5.72. The summed E-state index contributed by atoms with van der Waals surface area (Å²) in [7, 11) is 1.67. The van der Waals surface area contributed by atoms with Crippen LogP contribution >= 0.6 is 0 Å². The Labute approximate surface area is 113 Å². The summed E-state index contributed by atoms with van der Waals surface area (Å²) < 4.78 is 36.4. The Balaban J connectivity index is 2.38. The summed E-state index contributed by atoms with van der Waals surface area (Å²) in [6, 6.07) is 0. The number of hydrogen-bond acceptors (Lipinski definition) is 2. The maximum atomic E-state index is 12.1. The highest BCUT2D eigenvalue weighted by Crippen LogP contribution is 2.30. The van der Waals surface area contributed by atoms with Crippen LogP contribution in [0.3, 0.4) is 0 Å². The van der Waals surface area contributed by atoms with E-state index >= 15 is 0 Å². The van der Waals surface area contributed by atoms with Crippen LogP contribution in [0.15, 0.2) is 0 Å². The first-order chi connectivity index (χ1) is 8.81. The first-order valence-electron chi connectivity index (χ1n) is 7.09. The summed E-state index contributed by atoms with van der Waals surface area (Å²) in [5.41, 5.74) is 0. The summed E-state index contributed by atoms with van der Waals surface area (Å²) in [6.45, 7) is 2.57. The molecule has 0 spiro atoms. The largest absolute Gasteiger partial charge is 0.390 e. The van der Waals surface area contributed by atoms with Crippen molar-refractivity contribution in [1.82, 2.24) is 4.90 Å². The van der Waals surface area contributed by atoms with Gasteiger partial charge < -0.3 is 4.90 Å². The maximum absolute atomic E-state index is 12.1. The van der Waals surface area contributed by atoms with Crippen molar-refractivity contribution in [3.8, 4) is 0 Å².